The van der Waals surface area contributed by atoms with Crippen LogP contribution in [0.15, 0.2) is 0 Å². The lowest BCUT2D eigenvalue weighted by Crippen LogP contribution is -2.33. The van der Waals surface area contributed by atoms with Crippen molar-refractivity contribution in [3.63, 3.8) is 0 Å². The lowest BCUT2D eigenvalue weighted by Gasteiger charge is -2.13. The first-order valence-electron chi connectivity index (χ1n) is 6.09. The fraction of sp³-hybridized carbons (Fsp3) is 0.769. The first-order valence-corrected chi connectivity index (χ1v) is 6.09. The molecule has 0 aromatic rings. The van der Waals surface area contributed by atoms with E-state index < -0.39 is 0 Å². The van der Waals surface area contributed by atoms with Gasteiger partial charge in [-0.1, -0.05) is 26.2 Å². The standard InChI is InChI=1S/C13H24N2O/c1-4-6-12(5-2)15-13(16)8-7-11(3)9-10-14/h2,11-12H,4,6-10,14H2,1,3H3,(H,15,16). The smallest absolute Gasteiger partial charge is 0.220 e. The van der Waals surface area contributed by atoms with Gasteiger partial charge in [0.05, 0.1) is 6.04 Å². The Morgan fingerprint density at radius 2 is 2.12 bits per heavy atom. The average Bonchev–Trinajstić information content (AvgIpc) is 2.26. The van der Waals surface area contributed by atoms with Crippen LogP contribution >= 0.6 is 0 Å². The van der Waals surface area contributed by atoms with E-state index in [0.717, 1.165) is 25.7 Å². The third-order valence-corrected chi connectivity index (χ3v) is 2.64. The molecule has 3 heteroatoms. The number of carbonyl (C=O) groups is 1. The summed E-state index contributed by atoms with van der Waals surface area (Å²) in [6.45, 7) is 4.86. The molecule has 1 amide bonds. The van der Waals surface area contributed by atoms with Crippen molar-refractivity contribution in [1.29, 1.82) is 0 Å². The van der Waals surface area contributed by atoms with Crippen molar-refractivity contribution >= 4 is 5.91 Å². The Balaban J connectivity index is 3.77. The molecule has 0 heterocycles. The third kappa shape index (κ3) is 7.30. The highest BCUT2D eigenvalue weighted by atomic mass is 16.1. The Labute approximate surface area is 99.2 Å². The zero-order valence-corrected chi connectivity index (χ0v) is 10.5. The summed E-state index contributed by atoms with van der Waals surface area (Å²) in [5, 5.41) is 2.86. The highest BCUT2D eigenvalue weighted by Gasteiger charge is 2.10. The van der Waals surface area contributed by atoms with Crippen molar-refractivity contribution in [3.05, 3.63) is 0 Å². The minimum atomic E-state index is -0.109. The summed E-state index contributed by atoms with van der Waals surface area (Å²) in [5.41, 5.74) is 5.45. The van der Waals surface area contributed by atoms with E-state index in [1.54, 1.807) is 0 Å². The van der Waals surface area contributed by atoms with E-state index in [1.165, 1.54) is 0 Å². The molecule has 0 aromatic carbocycles. The summed E-state index contributed by atoms with van der Waals surface area (Å²) in [4.78, 5) is 11.6. The Morgan fingerprint density at radius 1 is 1.44 bits per heavy atom. The van der Waals surface area contributed by atoms with E-state index in [9.17, 15) is 4.79 Å². The lowest BCUT2D eigenvalue weighted by atomic mass is 10.0. The van der Waals surface area contributed by atoms with E-state index in [2.05, 4.69) is 25.1 Å². The Kier molecular flexibility index (Phi) is 8.65. The van der Waals surface area contributed by atoms with Crippen LogP contribution in [0.5, 0.6) is 0 Å². The van der Waals surface area contributed by atoms with E-state index in [1.807, 2.05) is 0 Å². The summed E-state index contributed by atoms with van der Waals surface area (Å²) in [6.07, 6.45) is 9.56. The van der Waals surface area contributed by atoms with Crippen molar-refractivity contribution < 1.29 is 4.79 Å². The molecule has 92 valence electrons. The molecule has 0 rings (SSSR count). The Hall–Kier alpha value is -1.01. The second kappa shape index (κ2) is 9.23. The monoisotopic (exact) mass is 224 g/mol. The minimum absolute atomic E-state index is 0.0558. The molecule has 0 saturated heterocycles. The quantitative estimate of drug-likeness (QED) is 0.616. The van der Waals surface area contributed by atoms with Crippen molar-refractivity contribution in [1.82, 2.24) is 5.32 Å². The van der Waals surface area contributed by atoms with Crippen molar-refractivity contribution in [2.45, 2.75) is 52.0 Å². The van der Waals surface area contributed by atoms with Gasteiger partial charge in [-0.05, 0) is 31.7 Å². The first kappa shape index (κ1) is 15.0. The number of hydrogen-bond donors (Lipinski definition) is 2. The van der Waals surface area contributed by atoms with Gasteiger partial charge >= 0.3 is 0 Å². The number of nitrogens with one attached hydrogen (secondary N) is 1. The zero-order chi connectivity index (χ0) is 12.4. The maximum absolute atomic E-state index is 11.6. The van der Waals surface area contributed by atoms with Crippen molar-refractivity contribution in [3.8, 4) is 12.3 Å². The fourth-order valence-electron chi connectivity index (χ4n) is 1.56. The van der Waals surface area contributed by atoms with Gasteiger partial charge in [-0.3, -0.25) is 4.79 Å². The molecule has 0 aliphatic heterocycles. The number of nitrogens with two attached hydrogens (primary N) is 1. The predicted molar refractivity (Wildman–Crippen MR) is 67.7 cm³/mol. The maximum Gasteiger partial charge on any atom is 0.220 e. The van der Waals surface area contributed by atoms with E-state index >= 15 is 0 Å². The molecule has 3 nitrogen and oxygen atoms in total. The van der Waals surface area contributed by atoms with Crippen LogP contribution in [0.2, 0.25) is 0 Å². The lowest BCUT2D eigenvalue weighted by molar-refractivity contribution is -0.121. The summed E-state index contributed by atoms with van der Waals surface area (Å²) in [7, 11) is 0. The molecule has 0 radical (unpaired) electrons. The van der Waals surface area contributed by atoms with Gasteiger partial charge in [0.15, 0.2) is 0 Å². The average molecular weight is 224 g/mol. The number of carbonyl (C=O) groups excluding carboxylic acids is 1. The van der Waals surface area contributed by atoms with Gasteiger partial charge in [0, 0.05) is 6.42 Å². The van der Waals surface area contributed by atoms with Gasteiger partial charge in [0.1, 0.15) is 0 Å². The zero-order valence-electron chi connectivity index (χ0n) is 10.5. The van der Waals surface area contributed by atoms with Crippen LogP contribution < -0.4 is 11.1 Å². The molecular weight excluding hydrogens is 200 g/mol. The molecule has 0 aromatic heterocycles. The molecular formula is C13H24N2O. The van der Waals surface area contributed by atoms with Gasteiger partial charge in [-0.2, -0.15) is 0 Å². The van der Waals surface area contributed by atoms with Crippen molar-refractivity contribution in [2.75, 3.05) is 6.54 Å². The second-order valence-corrected chi connectivity index (χ2v) is 4.30. The molecule has 2 unspecified atom stereocenters. The molecule has 0 aliphatic rings. The highest BCUT2D eigenvalue weighted by Crippen LogP contribution is 2.09. The largest absolute Gasteiger partial charge is 0.342 e. The normalized spacial score (nSPS) is 13.9. The molecule has 0 aliphatic carbocycles. The molecule has 0 fully saturated rings. The van der Waals surface area contributed by atoms with E-state index in [4.69, 9.17) is 12.2 Å². The topological polar surface area (TPSA) is 55.1 Å². The second-order valence-electron chi connectivity index (χ2n) is 4.30. The Morgan fingerprint density at radius 3 is 2.62 bits per heavy atom. The van der Waals surface area contributed by atoms with Gasteiger partial charge in [0.25, 0.3) is 0 Å². The van der Waals surface area contributed by atoms with Gasteiger partial charge < -0.3 is 11.1 Å². The molecule has 3 N–H and O–H groups in total. The SMILES string of the molecule is C#CC(CCC)NC(=O)CCC(C)CCN. The van der Waals surface area contributed by atoms with Gasteiger partial charge in [-0.25, -0.2) is 0 Å². The van der Waals surface area contributed by atoms with Crippen LogP contribution in [-0.4, -0.2) is 18.5 Å². The van der Waals surface area contributed by atoms with Crippen LogP contribution in [0.25, 0.3) is 0 Å². The van der Waals surface area contributed by atoms with Crippen LogP contribution in [0.3, 0.4) is 0 Å². The Bertz CT molecular complexity index is 233. The van der Waals surface area contributed by atoms with Crippen LogP contribution in [0.1, 0.15) is 46.0 Å². The summed E-state index contributed by atoms with van der Waals surface area (Å²) in [5.74, 6) is 3.16. The summed E-state index contributed by atoms with van der Waals surface area (Å²) >= 11 is 0. The molecule has 2 atom stereocenters. The molecule has 0 bridgehead atoms. The molecule has 16 heavy (non-hydrogen) atoms. The van der Waals surface area contributed by atoms with Crippen LogP contribution in [-0.2, 0) is 4.79 Å². The van der Waals surface area contributed by atoms with Gasteiger partial charge in [-0.15, -0.1) is 6.42 Å². The van der Waals surface area contributed by atoms with E-state index in [0.29, 0.717) is 18.9 Å². The van der Waals surface area contributed by atoms with E-state index in [-0.39, 0.29) is 11.9 Å². The number of terminal acetylenes is 1. The van der Waals surface area contributed by atoms with Crippen LogP contribution in [0.4, 0.5) is 0 Å². The predicted octanol–water partition coefficient (Wildman–Crippen LogP) is 1.67. The minimum Gasteiger partial charge on any atom is -0.342 e. The highest BCUT2D eigenvalue weighted by molar-refractivity contribution is 5.76. The maximum atomic E-state index is 11.6. The number of amides is 1. The fourth-order valence-corrected chi connectivity index (χ4v) is 1.56. The van der Waals surface area contributed by atoms with Crippen molar-refractivity contribution in [2.24, 2.45) is 11.7 Å². The first-order chi connectivity index (χ1) is 7.63. The number of hydrogen-bond acceptors (Lipinski definition) is 2. The summed E-state index contributed by atoms with van der Waals surface area (Å²) < 4.78 is 0. The third-order valence-electron chi connectivity index (χ3n) is 2.64. The van der Waals surface area contributed by atoms with Crippen LogP contribution in [0, 0.1) is 18.3 Å². The summed E-state index contributed by atoms with van der Waals surface area (Å²) in [6, 6.07) is -0.109. The number of rotatable bonds is 8. The molecule has 0 spiro atoms. The molecule has 0 saturated carbocycles. The van der Waals surface area contributed by atoms with Gasteiger partial charge in [0.2, 0.25) is 5.91 Å².